The van der Waals surface area contributed by atoms with E-state index in [1.165, 1.54) is 13.0 Å². The fraction of sp³-hybridized carbons (Fsp3) is 0.429. The zero-order valence-electron chi connectivity index (χ0n) is 18.1. The van der Waals surface area contributed by atoms with E-state index >= 15 is 0 Å². The van der Waals surface area contributed by atoms with Gasteiger partial charge in [0.25, 0.3) is 11.9 Å². The molecule has 0 spiro atoms. The van der Waals surface area contributed by atoms with Gasteiger partial charge in [-0.15, -0.1) is 0 Å². The SMILES string of the molecule is CCCN(CCc1ccccc1)C(=O)[C@@H]1OC(OC(=O)O)=C[C@H](N=C(N)N)[C@H]1NC(C)=O. The van der Waals surface area contributed by atoms with Crippen molar-refractivity contribution in [2.75, 3.05) is 13.1 Å². The minimum Gasteiger partial charge on any atom is -0.449 e. The molecule has 2 rings (SSSR count). The Morgan fingerprint density at radius 1 is 1.22 bits per heavy atom. The Morgan fingerprint density at radius 3 is 2.47 bits per heavy atom. The largest absolute Gasteiger partial charge is 0.513 e. The standard InChI is InChI=1S/C21H29N5O6/c1-3-10-26(11-9-14-7-5-4-6-8-14)19(28)18-17(24-13(2)27)15(25-20(22)23)12-16(31-18)32-21(29)30/h4-8,12,15,17-18H,3,9-11H2,1-2H3,(H,24,27)(H,29,30)(H4,22,23,25)/t15-,17+,18+/m0/s1. The molecular formula is C21H29N5O6. The van der Waals surface area contributed by atoms with E-state index in [1.54, 1.807) is 4.90 Å². The molecule has 0 saturated heterocycles. The van der Waals surface area contributed by atoms with E-state index in [2.05, 4.69) is 15.0 Å². The van der Waals surface area contributed by atoms with Crippen LogP contribution in [0.2, 0.25) is 0 Å². The summed E-state index contributed by atoms with van der Waals surface area (Å²) in [7, 11) is 0. The smallest absolute Gasteiger partial charge is 0.449 e. The molecule has 0 aromatic heterocycles. The van der Waals surface area contributed by atoms with Crippen LogP contribution in [0.25, 0.3) is 0 Å². The number of nitrogens with zero attached hydrogens (tertiary/aromatic N) is 2. The maximum atomic E-state index is 13.5. The van der Waals surface area contributed by atoms with Crippen LogP contribution in [-0.4, -0.2) is 65.2 Å². The van der Waals surface area contributed by atoms with Crippen molar-refractivity contribution in [1.29, 1.82) is 0 Å². The van der Waals surface area contributed by atoms with Gasteiger partial charge in [-0.2, -0.15) is 0 Å². The van der Waals surface area contributed by atoms with Crippen LogP contribution in [-0.2, 0) is 25.5 Å². The Balaban J connectivity index is 2.34. The van der Waals surface area contributed by atoms with E-state index in [1.807, 2.05) is 37.3 Å². The molecular weight excluding hydrogens is 418 g/mol. The lowest BCUT2D eigenvalue weighted by molar-refractivity contribution is -0.148. The number of carbonyl (C=O) groups excluding carboxylic acids is 2. The number of carbonyl (C=O) groups is 3. The highest BCUT2D eigenvalue weighted by molar-refractivity contribution is 5.84. The summed E-state index contributed by atoms with van der Waals surface area (Å²) in [6.07, 6.45) is -0.432. The number of carboxylic acid groups (broad SMARTS) is 1. The van der Waals surface area contributed by atoms with Crippen molar-refractivity contribution in [3.63, 3.8) is 0 Å². The number of guanidine groups is 1. The predicted molar refractivity (Wildman–Crippen MR) is 116 cm³/mol. The summed E-state index contributed by atoms with van der Waals surface area (Å²) >= 11 is 0. The summed E-state index contributed by atoms with van der Waals surface area (Å²) in [5, 5.41) is 11.6. The molecule has 174 valence electrons. The van der Waals surface area contributed by atoms with Crippen molar-refractivity contribution in [2.24, 2.45) is 16.5 Å². The summed E-state index contributed by atoms with van der Waals surface area (Å²) in [5.74, 6) is -1.63. The number of amides is 2. The van der Waals surface area contributed by atoms with E-state index in [-0.39, 0.29) is 5.96 Å². The van der Waals surface area contributed by atoms with Gasteiger partial charge in [0.2, 0.25) is 12.0 Å². The molecule has 0 fully saturated rings. The second-order valence-electron chi connectivity index (χ2n) is 7.22. The second-order valence-corrected chi connectivity index (χ2v) is 7.22. The average Bonchev–Trinajstić information content (AvgIpc) is 2.72. The number of rotatable bonds is 9. The molecule has 1 aromatic carbocycles. The minimum absolute atomic E-state index is 0.307. The van der Waals surface area contributed by atoms with Crippen LogP contribution in [0.5, 0.6) is 0 Å². The first kappa shape index (κ1) is 24.5. The van der Waals surface area contributed by atoms with Crippen LogP contribution in [0.1, 0.15) is 25.8 Å². The van der Waals surface area contributed by atoms with Crippen molar-refractivity contribution < 1.29 is 29.0 Å². The zero-order chi connectivity index (χ0) is 23.7. The molecule has 0 saturated carbocycles. The molecule has 11 heteroatoms. The molecule has 6 N–H and O–H groups in total. The van der Waals surface area contributed by atoms with Gasteiger partial charge in [0.1, 0.15) is 12.1 Å². The third kappa shape index (κ3) is 7.18. The lowest BCUT2D eigenvalue weighted by Gasteiger charge is -2.36. The van der Waals surface area contributed by atoms with Crippen molar-refractivity contribution in [3.8, 4) is 0 Å². The highest BCUT2D eigenvalue weighted by Crippen LogP contribution is 2.24. The topological polar surface area (TPSA) is 170 Å². The Bertz CT molecular complexity index is 869. The van der Waals surface area contributed by atoms with E-state index in [9.17, 15) is 14.4 Å². The molecule has 0 unspecified atom stereocenters. The maximum Gasteiger partial charge on any atom is 0.513 e. The highest BCUT2D eigenvalue weighted by atomic mass is 16.7. The average molecular weight is 447 g/mol. The van der Waals surface area contributed by atoms with Crippen molar-refractivity contribution in [3.05, 3.63) is 47.9 Å². The van der Waals surface area contributed by atoms with E-state index < -0.39 is 42.1 Å². The number of hydrogen-bond donors (Lipinski definition) is 4. The van der Waals surface area contributed by atoms with Gasteiger partial charge in [0.05, 0.1) is 0 Å². The summed E-state index contributed by atoms with van der Waals surface area (Å²) in [6, 6.07) is 7.71. The Labute approximate surface area is 186 Å². The third-order valence-corrected chi connectivity index (χ3v) is 4.66. The Kier molecular flexibility index (Phi) is 8.87. The Hall–Kier alpha value is -3.76. The van der Waals surface area contributed by atoms with Crippen LogP contribution in [0.15, 0.2) is 47.3 Å². The van der Waals surface area contributed by atoms with Gasteiger partial charge in [0, 0.05) is 26.1 Å². The molecule has 32 heavy (non-hydrogen) atoms. The lowest BCUT2D eigenvalue weighted by atomic mass is 9.98. The van der Waals surface area contributed by atoms with Crippen molar-refractivity contribution in [1.82, 2.24) is 10.2 Å². The number of nitrogens with two attached hydrogens (primary N) is 2. The summed E-state index contributed by atoms with van der Waals surface area (Å²) in [5.41, 5.74) is 12.0. The highest BCUT2D eigenvalue weighted by Gasteiger charge is 2.43. The second kappa shape index (κ2) is 11.6. The Morgan fingerprint density at radius 2 is 1.91 bits per heavy atom. The van der Waals surface area contributed by atoms with E-state index in [0.29, 0.717) is 25.9 Å². The minimum atomic E-state index is -1.63. The predicted octanol–water partition coefficient (Wildman–Crippen LogP) is 0.549. The molecule has 0 aliphatic carbocycles. The fourth-order valence-electron chi connectivity index (χ4n) is 3.38. The van der Waals surface area contributed by atoms with Gasteiger partial charge >= 0.3 is 6.16 Å². The molecule has 0 bridgehead atoms. The van der Waals surface area contributed by atoms with Crippen LogP contribution in [0, 0.1) is 0 Å². The molecule has 11 nitrogen and oxygen atoms in total. The van der Waals surface area contributed by atoms with E-state index in [0.717, 1.165) is 5.56 Å². The fourth-order valence-corrected chi connectivity index (χ4v) is 3.38. The van der Waals surface area contributed by atoms with Gasteiger partial charge in [-0.25, -0.2) is 9.79 Å². The zero-order valence-corrected chi connectivity index (χ0v) is 18.1. The lowest BCUT2D eigenvalue weighted by Crippen LogP contribution is -2.59. The number of benzene rings is 1. The first-order valence-corrected chi connectivity index (χ1v) is 10.2. The summed E-state index contributed by atoms with van der Waals surface area (Å²) < 4.78 is 10.2. The molecule has 3 atom stereocenters. The van der Waals surface area contributed by atoms with Gasteiger partial charge in [0.15, 0.2) is 5.96 Å². The number of hydrogen-bond acceptors (Lipinski definition) is 6. The van der Waals surface area contributed by atoms with Gasteiger partial charge in [-0.3, -0.25) is 9.59 Å². The maximum absolute atomic E-state index is 13.5. The van der Waals surface area contributed by atoms with Crippen LogP contribution in [0.4, 0.5) is 4.79 Å². The van der Waals surface area contributed by atoms with Gasteiger partial charge < -0.3 is 36.3 Å². The first-order chi connectivity index (χ1) is 15.2. The quantitative estimate of drug-likeness (QED) is 0.242. The monoisotopic (exact) mass is 447 g/mol. The summed E-state index contributed by atoms with van der Waals surface area (Å²) in [4.78, 5) is 42.0. The van der Waals surface area contributed by atoms with Crippen LogP contribution in [0.3, 0.4) is 0 Å². The third-order valence-electron chi connectivity index (χ3n) is 4.66. The summed E-state index contributed by atoms with van der Waals surface area (Å²) in [6.45, 7) is 4.04. The molecule has 2 amide bonds. The molecule has 1 heterocycles. The van der Waals surface area contributed by atoms with Crippen LogP contribution >= 0.6 is 0 Å². The molecule has 1 aliphatic rings. The number of aliphatic imine (C=N–C) groups is 1. The normalized spacial score (nSPS) is 19.7. The molecule has 1 aliphatic heterocycles. The first-order valence-electron chi connectivity index (χ1n) is 10.2. The van der Waals surface area contributed by atoms with Gasteiger partial charge in [-0.05, 0) is 18.4 Å². The number of nitrogens with one attached hydrogen (secondary N) is 1. The van der Waals surface area contributed by atoms with Crippen LogP contribution < -0.4 is 16.8 Å². The molecule has 1 aromatic rings. The molecule has 0 radical (unpaired) electrons. The van der Waals surface area contributed by atoms with E-state index in [4.69, 9.17) is 21.3 Å². The van der Waals surface area contributed by atoms with Gasteiger partial charge in [-0.1, -0.05) is 37.3 Å². The van der Waals surface area contributed by atoms with Crippen molar-refractivity contribution >= 4 is 23.9 Å². The number of ether oxygens (including phenoxy) is 2. The van der Waals surface area contributed by atoms with Crippen molar-refractivity contribution in [2.45, 2.75) is 44.9 Å².